The quantitative estimate of drug-likeness (QED) is 0.297. The topological polar surface area (TPSA) is 20.2 Å². The second kappa shape index (κ2) is 9.71. The molecule has 0 amide bonds. The Labute approximate surface area is 205 Å². The van der Waals surface area contributed by atoms with Gasteiger partial charge in [-0.2, -0.15) is 0 Å². The third-order valence-electron chi connectivity index (χ3n) is 8.28. The largest absolute Gasteiger partial charge is 0.507 e. The summed E-state index contributed by atoms with van der Waals surface area (Å²) in [6, 6.07) is 26.2. The molecule has 0 bridgehead atoms. The summed E-state index contributed by atoms with van der Waals surface area (Å²) >= 11 is 0. The second-order valence-electron chi connectivity index (χ2n) is 10.4. The Bertz CT molecular complexity index is 1280. The fourth-order valence-electron chi connectivity index (χ4n) is 6.67. The van der Waals surface area contributed by atoms with Gasteiger partial charge < -0.3 is 5.11 Å². The van der Waals surface area contributed by atoms with Gasteiger partial charge in [0.05, 0.1) is 0 Å². The Balaban J connectivity index is 1.64. The lowest BCUT2D eigenvalue weighted by Crippen LogP contribution is -2.27. The third kappa shape index (κ3) is 4.03. The van der Waals surface area contributed by atoms with Gasteiger partial charge in [0.25, 0.3) is 0 Å². The van der Waals surface area contributed by atoms with Gasteiger partial charge in [0.1, 0.15) is 5.75 Å². The number of phenolic OH excluding ortho intramolecular Hbond substituents is 1. The predicted octanol–water partition coefficient (Wildman–Crippen LogP) is 9.14. The van der Waals surface area contributed by atoms with Gasteiger partial charge in [-0.05, 0) is 69.9 Å². The van der Waals surface area contributed by atoms with Gasteiger partial charge in [0.2, 0.25) is 0 Å². The molecule has 2 aliphatic carbocycles. The van der Waals surface area contributed by atoms with Crippen molar-refractivity contribution in [3.63, 3.8) is 0 Å². The minimum Gasteiger partial charge on any atom is -0.507 e. The summed E-state index contributed by atoms with van der Waals surface area (Å²) in [6.07, 6.45) is 13.9. The fourth-order valence-corrected chi connectivity index (χ4v) is 10.6. The Morgan fingerprint density at radius 3 is 1.62 bits per heavy atom. The highest BCUT2D eigenvalue weighted by Crippen LogP contribution is 2.57. The molecule has 0 spiro atoms. The van der Waals surface area contributed by atoms with Crippen molar-refractivity contribution < 1.29 is 5.11 Å². The van der Waals surface area contributed by atoms with Crippen molar-refractivity contribution in [3.8, 4) is 16.9 Å². The lowest BCUT2D eigenvalue weighted by molar-refractivity contribution is 0.478. The van der Waals surface area contributed by atoms with E-state index in [1.807, 2.05) is 6.07 Å². The normalized spacial score (nSPS) is 18.1. The molecule has 0 heterocycles. The average Bonchev–Trinajstić information content (AvgIpc) is 2.90. The minimum absolute atomic E-state index is 0.289. The van der Waals surface area contributed by atoms with Crippen LogP contribution in [0.25, 0.3) is 32.7 Å². The Kier molecular flexibility index (Phi) is 6.32. The molecule has 0 radical (unpaired) electrons. The van der Waals surface area contributed by atoms with Crippen LogP contribution in [0.3, 0.4) is 0 Å². The molecule has 2 heteroatoms. The van der Waals surface area contributed by atoms with Crippen molar-refractivity contribution >= 4 is 34.8 Å². The molecule has 4 aromatic carbocycles. The highest BCUT2D eigenvalue weighted by atomic mass is 31.1. The molecule has 6 rings (SSSR count). The second-order valence-corrected chi connectivity index (χ2v) is 13.1. The van der Waals surface area contributed by atoms with Crippen LogP contribution in [-0.2, 0) is 0 Å². The number of benzene rings is 4. The van der Waals surface area contributed by atoms with Crippen LogP contribution in [0.15, 0.2) is 72.8 Å². The van der Waals surface area contributed by atoms with Crippen LogP contribution >= 0.6 is 7.92 Å². The molecular formula is C32H35OP. The molecule has 0 aliphatic heterocycles. The Morgan fingerprint density at radius 1 is 0.529 bits per heavy atom. The lowest BCUT2D eigenvalue weighted by atomic mass is 9.93. The molecule has 174 valence electrons. The summed E-state index contributed by atoms with van der Waals surface area (Å²) < 4.78 is 0. The molecule has 1 N–H and O–H groups in total. The van der Waals surface area contributed by atoms with Gasteiger partial charge in [0, 0.05) is 11.1 Å². The number of phenols is 1. The van der Waals surface area contributed by atoms with Crippen molar-refractivity contribution in [2.24, 2.45) is 0 Å². The lowest BCUT2D eigenvalue weighted by Gasteiger charge is -2.40. The van der Waals surface area contributed by atoms with Gasteiger partial charge in [-0.1, -0.05) is 113 Å². The first-order chi connectivity index (χ1) is 16.8. The predicted molar refractivity (Wildman–Crippen MR) is 149 cm³/mol. The van der Waals surface area contributed by atoms with E-state index in [1.165, 1.54) is 91.3 Å². The molecule has 2 saturated carbocycles. The van der Waals surface area contributed by atoms with Crippen LogP contribution in [0, 0.1) is 0 Å². The number of hydrogen-bond donors (Lipinski definition) is 1. The smallest absolute Gasteiger partial charge is 0.124 e. The third-order valence-corrected chi connectivity index (χ3v) is 11.8. The Hall–Kier alpha value is -2.37. The van der Waals surface area contributed by atoms with Crippen LogP contribution in [0.5, 0.6) is 5.75 Å². The van der Waals surface area contributed by atoms with Crippen LogP contribution < -0.4 is 5.30 Å². The first kappa shape index (κ1) is 22.1. The van der Waals surface area contributed by atoms with E-state index in [-0.39, 0.29) is 7.92 Å². The maximum Gasteiger partial charge on any atom is 0.124 e. The zero-order valence-electron chi connectivity index (χ0n) is 20.0. The molecular weight excluding hydrogens is 431 g/mol. The average molecular weight is 467 g/mol. The van der Waals surface area contributed by atoms with Crippen molar-refractivity contribution in [1.29, 1.82) is 0 Å². The van der Waals surface area contributed by atoms with Crippen LogP contribution in [0.2, 0.25) is 0 Å². The van der Waals surface area contributed by atoms with Gasteiger partial charge in [0.15, 0.2) is 0 Å². The zero-order valence-corrected chi connectivity index (χ0v) is 20.9. The highest BCUT2D eigenvalue weighted by molar-refractivity contribution is 7.67. The maximum atomic E-state index is 11.4. The van der Waals surface area contributed by atoms with E-state index in [9.17, 15) is 5.11 Å². The molecule has 0 saturated heterocycles. The van der Waals surface area contributed by atoms with Crippen molar-refractivity contribution in [1.82, 2.24) is 0 Å². The van der Waals surface area contributed by atoms with Gasteiger partial charge >= 0.3 is 0 Å². The molecule has 0 aromatic heterocycles. The van der Waals surface area contributed by atoms with Gasteiger partial charge in [-0.25, -0.2) is 0 Å². The molecule has 0 atom stereocenters. The first-order valence-electron chi connectivity index (χ1n) is 13.3. The summed E-state index contributed by atoms with van der Waals surface area (Å²) in [5, 5.41) is 17.9. The summed E-state index contributed by atoms with van der Waals surface area (Å²) in [7, 11) is -0.289. The number of hydrogen-bond acceptors (Lipinski definition) is 1. The van der Waals surface area contributed by atoms with Gasteiger partial charge in [-0.3, -0.25) is 0 Å². The molecule has 4 aromatic rings. The van der Waals surface area contributed by atoms with Gasteiger partial charge in [-0.15, -0.1) is 0 Å². The minimum atomic E-state index is -0.289. The monoisotopic (exact) mass is 466 g/mol. The fraction of sp³-hybridized carbons (Fsp3) is 0.375. The first-order valence-corrected chi connectivity index (χ1v) is 14.8. The van der Waals surface area contributed by atoms with E-state index in [2.05, 4.69) is 66.7 Å². The summed E-state index contributed by atoms with van der Waals surface area (Å²) in [6.45, 7) is 0. The van der Waals surface area contributed by atoms with E-state index < -0.39 is 0 Å². The summed E-state index contributed by atoms with van der Waals surface area (Å²) in [5.74, 6) is 0.415. The molecule has 2 fully saturated rings. The zero-order chi connectivity index (χ0) is 22.9. The number of rotatable bonds is 4. The van der Waals surface area contributed by atoms with E-state index in [0.29, 0.717) is 5.75 Å². The van der Waals surface area contributed by atoms with E-state index in [1.54, 1.807) is 5.30 Å². The molecule has 2 aliphatic rings. The number of aromatic hydroxyl groups is 1. The van der Waals surface area contributed by atoms with Crippen LogP contribution in [0.1, 0.15) is 64.2 Å². The SMILES string of the molecule is Oc1ccc2ccccc2c1-c1c(P(C2CCCCC2)C2CCCCC2)ccc2ccccc12. The van der Waals surface area contributed by atoms with E-state index in [4.69, 9.17) is 0 Å². The standard InChI is InChI=1S/C32H35OP/c33-29-21-19-23-11-7-9-17-27(23)31(29)32-28-18-10-8-12-24(28)20-22-30(32)34(25-13-3-1-4-14-25)26-15-5-2-6-16-26/h7-12,17-22,25-26,33H,1-6,13-16H2. The molecule has 1 nitrogen and oxygen atoms in total. The van der Waals surface area contributed by atoms with E-state index >= 15 is 0 Å². The summed E-state index contributed by atoms with van der Waals surface area (Å²) in [5.41, 5.74) is 4.01. The van der Waals surface area contributed by atoms with E-state index in [0.717, 1.165) is 16.9 Å². The van der Waals surface area contributed by atoms with Crippen molar-refractivity contribution in [2.75, 3.05) is 0 Å². The van der Waals surface area contributed by atoms with Crippen LogP contribution in [-0.4, -0.2) is 16.4 Å². The molecule has 0 unspecified atom stereocenters. The Morgan fingerprint density at radius 2 is 1.03 bits per heavy atom. The summed E-state index contributed by atoms with van der Waals surface area (Å²) in [4.78, 5) is 0. The number of fused-ring (bicyclic) bond motifs is 2. The molecule has 34 heavy (non-hydrogen) atoms. The maximum absolute atomic E-state index is 11.4. The van der Waals surface area contributed by atoms with Crippen molar-refractivity contribution in [2.45, 2.75) is 75.5 Å². The highest BCUT2D eigenvalue weighted by Gasteiger charge is 2.34. The van der Waals surface area contributed by atoms with Crippen molar-refractivity contribution in [3.05, 3.63) is 72.8 Å². The van der Waals surface area contributed by atoms with Crippen LogP contribution in [0.4, 0.5) is 0 Å².